The van der Waals surface area contributed by atoms with Gasteiger partial charge in [0.05, 0.1) is 35.2 Å². The lowest BCUT2D eigenvalue weighted by Gasteiger charge is -2.20. The van der Waals surface area contributed by atoms with E-state index < -0.39 is 17.6 Å². The predicted octanol–water partition coefficient (Wildman–Crippen LogP) is 3.40. The van der Waals surface area contributed by atoms with E-state index in [-0.39, 0.29) is 24.3 Å². The molecule has 1 aromatic heterocycles. The Bertz CT molecular complexity index is 1080. The van der Waals surface area contributed by atoms with Gasteiger partial charge in [-0.15, -0.1) is 0 Å². The second-order valence-electron chi connectivity index (χ2n) is 6.42. The number of para-hydroxylation sites is 2. The number of aromatic nitrogens is 2. The summed E-state index contributed by atoms with van der Waals surface area (Å²) in [5, 5.41) is 2.77. The highest BCUT2D eigenvalue weighted by atomic mass is 19.4. The van der Waals surface area contributed by atoms with Gasteiger partial charge < -0.3 is 10.3 Å². The zero-order chi connectivity index (χ0) is 21.0. The molecule has 0 spiro atoms. The molecule has 0 bridgehead atoms. The van der Waals surface area contributed by atoms with Crippen molar-refractivity contribution in [1.29, 1.82) is 0 Å². The van der Waals surface area contributed by atoms with Gasteiger partial charge in [-0.1, -0.05) is 31.2 Å². The van der Waals surface area contributed by atoms with Gasteiger partial charge in [-0.3, -0.25) is 14.5 Å². The normalized spacial score (nSPS) is 11.8. The average Bonchev–Trinajstić information content (AvgIpc) is 2.67. The molecule has 1 amide bonds. The number of likely N-dealkylation sites (N-methyl/N-ethyl adjacent to an activating group) is 1. The van der Waals surface area contributed by atoms with Crippen LogP contribution in [-0.2, 0) is 17.5 Å². The van der Waals surface area contributed by atoms with E-state index in [9.17, 15) is 22.8 Å². The van der Waals surface area contributed by atoms with Crippen LogP contribution in [0.5, 0.6) is 0 Å². The Labute approximate surface area is 164 Å². The summed E-state index contributed by atoms with van der Waals surface area (Å²) >= 11 is 0. The Balaban J connectivity index is 1.72. The predicted molar refractivity (Wildman–Crippen MR) is 103 cm³/mol. The third-order valence-corrected chi connectivity index (χ3v) is 4.36. The maximum atomic E-state index is 13.1. The quantitative estimate of drug-likeness (QED) is 0.660. The molecule has 29 heavy (non-hydrogen) atoms. The molecular formula is C20H19F3N4O2. The molecule has 3 rings (SSSR count). The van der Waals surface area contributed by atoms with Crippen LogP contribution < -0.4 is 10.9 Å². The highest BCUT2D eigenvalue weighted by Gasteiger charge is 2.33. The smallest absolute Gasteiger partial charge is 0.324 e. The van der Waals surface area contributed by atoms with E-state index in [1.54, 1.807) is 36.1 Å². The molecule has 0 unspecified atom stereocenters. The molecule has 1 heterocycles. The zero-order valence-corrected chi connectivity index (χ0v) is 15.6. The Morgan fingerprint density at radius 1 is 1.14 bits per heavy atom. The van der Waals surface area contributed by atoms with Crippen molar-refractivity contribution in [3.8, 4) is 0 Å². The van der Waals surface area contributed by atoms with Crippen LogP contribution in [0.1, 0.15) is 18.3 Å². The minimum absolute atomic E-state index is 0.154. The fourth-order valence-corrected chi connectivity index (χ4v) is 2.93. The third-order valence-electron chi connectivity index (χ3n) is 4.36. The highest BCUT2D eigenvalue weighted by molar-refractivity contribution is 5.93. The standard InChI is InChI=1S/C20H19F3N4O2/c1-2-27(11-17-24-15-9-5-3-7-13(15)19(29)26-17)12-18(28)25-16-10-6-4-8-14(16)20(21,22)23/h3-10H,2,11-12H2,1H3,(H,25,28)(H,24,26,29). The molecule has 0 atom stereocenters. The SMILES string of the molecule is CCN(CC(=O)Nc1ccccc1C(F)(F)F)Cc1nc2ccccc2c(=O)[nH]1. The third kappa shape index (κ3) is 5.00. The van der Waals surface area contributed by atoms with Crippen LogP contribution in [0, 0.1) is 0 Å². The van der Waals surface area contributed by atoms with Crippen molar-refractivity contribution in [2.45, 2.75) is 19.6 Å². The summed E-state index contributed by atoms with van der Waals surface area (Å²) < 4.78 is 39.2. The van der Waals surface area contributed by atoms with Crippen LogP contribution in [0.25, 0.3) is 10.9 Å². The molecule has 0 radical (unpaired) electrons. The van der Waals surface area contributed by atoms with Crippen LogP contribution in [0.3, 0.4) is 0 Å². The topological polar surface area (TPSA) is 78.1 Å². The molecule has 0 aliphatic heterocycles. The van der Waals surface area contributed by atoms with Crippen LogP contribution in [0.15, 0.2) is 53.3 Å². The maximum Gasteiger partial charge on any atom is 0.418 e. The summed E-state index contributed by atoms with van der Waals surface area (Å²) in [5.41, 5.74) is -0.953. The lowest BCUT2D eigenvalue weighted by atomic mass is 10.1. The van der Waals surface area contributed by atoms with Crippen LogP contribution in [-0.4, -0.2) is 33.9 Å². The molecule has 0 aliphatic rings. The number of benzene rings is 2. The van der Waals surface area contributed by atoms with Crippen molar-refractivity contribution in [1.82, 2.24) is 14.9 Å². The van der Waals surface area contributed by atoms with Crippen molar-refractivity contribution < 1.29 is 18.0 Å². The van der Waals surface area contributed by atoms with Gasteiger partial charge in [0.15, 0.2) is 0 Å². The Hall–Kier alpha value is -3.20. The summed E-state index contributed by atoms with van der Waals surface area (Å²) in [6, 6.07) is 11.7. The van der Waals surface area contributed by atoms with E-state index in [1.807, 2.05) is 0 Å². The van der Waals surface area contributed by atoms with Gasteiger partial charge in [0.1, 0.15) is 5.82 Å². The number of H-pyrrole nitrogens is 1. The van der Waals surface area contributed by atoms with E-state index in [0.717, 1.165) is 6.07 Å². The number of carbonyl (C=O) groups excluding carboxylic acids is 1. The first-order valence-electron chi connectivity index (χ1n) is 8.94. The molecule has 3 aromatic rings. The highest BCUT2D eigenvalue weighted by Crippen LogP contribution is 2.34. The molecule has 152 valence electrons. The first-order chi connectivity index (χ1) is 13.8. The van der Waals surface area contributed by atoms with E-state index >= 15 is 0 Å². The van der Waals surface area contributed by atoms with Gasteiger partial charge >= 0.3 is 6.18 Å². The van der Waals surface area contributed by atoms with Crippen LogP contribution in [0.2, 0.25) is 0 Å². The lowest BCUT2D eigenvalue weighted by molar-refractivity contribution is -0.137. The number of hydrogen-bond acceptors (Lipinski definition) is 4. The van der Waals surface area contributed by atoms with Gasteiger partial charge in [-0.2, -0.15) is 13.2 Å². The molecule has 9 heteroatoms. The van der Waals surface area contributed by atoms with Gasteiger partial charge in [-0.05, 0) is 30.8 Å². The molecule has 2 N–H and O–H groups in total. The summed E-state index contributed by atoms with van der Waals surface area (Å²) in [6.45, 7) is 2.26. The number of rotatable bonds is 6. The van der Waals surface area contributed by atoms with Crippen LogP contribution in [0.4, 0.5) is 18.9 Å². The number of anilines is 1. The molecule has 6 nitrogen and oxygen atoms in total. The molecule has 0 aliphatic carbocycles. The molecule has 0 fully saturated rings. The number of nitrogens with one attached hydrogen (secondary N) is 2. The molecular weight excluding hydrogens is 385 g/mol. The van der Waals surface area contributed by atoms with Crippen molar-refractivity contribution in [3.63, 3.8) is 0 Å². The largest absolute Gasteiger partial charge is 0.418 e. The number of amides is 1. The van der Waals surface area contributed by atoms with Gasteiger partial charge in [-0.25, -0.2) is 4.98 Å². The van der Waals surface area contributed by atoms with Crippen molar-refractivity contribution in [3.05, 3.63) is 70.3 Å². The Kier molecular flexibility index (Phi) is 5.97. The Morgan fingerprint density at radius 2 is 1.83 bits per heavy atom. The summed E-state index contributed by atoms with van der Waals surface area (Å²) in [4.78, 5) is 33.2. The van der Waals surface area contributed by atoms with Crippen molar-refractivity contribution in [2.24, 2.45) is 0 Å². The minimum atomic E-state index is -4.57. The Morgan fingerprint density at radius 3 is 2.55 bits per heavy atom. The molecule has 2 aromatic carbocycles. The van der Waals surface area contributed by atoms with Crippen molar-refractivity contribution in [2.75, 3.05) is 18.4 Å². The first-order valence-corrected chi connectivity index (χ1v) is 8.94. The van der Waals surface area contributed by atoms with E-state index in [0.29, 0.717) is 23.3 Å². The fraction of sp³-hybridized carbons (Fsp3) is 0.250. The minimum Gasteiger partial charge on any atom is -0.324 e. The maximum absolute atomic E-state index is 13.1. The summed E-state index contributed by atoms with van der Waals surface area (Å²) in [6.07, 6.45) is -4.57. The van der Waals surface area contributed by atoms with E-state index in [2.05, 4.69) is 15.3 Å². The molecule has 0 saturated carbocycles. The summed E-state index contributed by atoms with van der Waals surface area (Å²) in [5.74, 6) is -0.217. The van der Waals surface area contributed by atoms with E-state index in [4.69, 9.17) is 0 Å². The number of fused-ring (bicyclic) bond motifs is 1. The van der Waals surface area contributed by atoms with Crippen molar-refractivity contribution >= 4 is 22.5 Å². The molecule has 0 saturated heterocycles. The monoisotopic (exact) mass is 404 g/mol. The number of aromatic amines is 1. The fourth-order valence-electron chi connectivity index (χ4n) is 2.93. The first kappa shape index (κ1) is 20.5. The van der Waals surface area contributed by atoms with Gasteiger partial charge in [0.2, 0.25) is 5.91 Å². The summed E-state index contributed by atoms with van der Waals surface area (Å²) in [7, 11) is 0. The average molecular weight is 404 g/mol. The zero-order valence-electron chi connectivity index (χ0n) is 15.6. The number of hydrogen-bond donors (Lipinski definition) is 2. The number of alkyl halides is 3. The second-order valence-corrected chi connectivity index (χ2v) is 6.42. The lowest BCUT2D eigenvalue weighted by Crippen LogP contribution is -2.34. The van der Waals surface area contributed by atoms with E-state index in [1.165, 1.54) is 18.2 Å². The number of carbonyl (C=O) groups is 1. The van der Waals surface area contributed by atoms with Crippen LogP contribution >= 0.6 is 0 Å². The number of nitrogens with zero attached hydrogens (tertiary/aromatic N) is 2. The number of halogens is 3. The van der Waals surface area contributed by atoms with Gasteiger partial charge in [0, 0.05) is 0 Å². The van der Waals surface area contributed by atoms with Gasteiger partial charge in [0.25, 0.3) is 5.56 Å². The second kappa shape index (κ2) is 8.44.